The number of nitrogens with two attached hydrogens (primary N) is 1. The number of Topliss-reactive ketones (excluding diaryl/α,β-unsaturated/α-hetero) is 2. The van der Waals surface area contributed by atoms with Crippen LogP contribution in [0.4, 0.5) is 0 Å². The molecule has 2 saturated carbocycles. The summed E-state index contributed by atoms with van der Waals surface area (Å²) in [6, 6.07) is 1.40. The van der Waals surface area contributed by atoms with Crippen molar-refractivity contribution in [2.75, 3.05) is 0 Å². The number of halogens is 2. The standard InChI is InChI=1S/C16H17Cl2N3O2/c17-11-8-12(18)21-15(20-11)13(19)9-4-3-7-16(14(9)23)6-2-1-5-10(16)22/h8H,1-7,19H2/b13-9-/t16-/m1/s1. The van der Waals surface area contributed by atoms with Gasteiger partial charge in [-0.3, -0.25) is 9.59 Å². The summed E-state index contributed by atoms with van der Waals surface area (Å²) >= 11 is 11.8. The summed E-state index contributed by atoms with van der Waals surface area (Å²) in [6.07, 6.45) is 4.71. The summed E-state index contributed by atoms with van der Waals surface area (Å²) in [5.74, 6) is 0.0283. The van der Waals surface area contributed by atoms with Crippen LogP contribution in [0, 0.1) is 5.41 Å². The monoisotopic (exact) mass is 353 g/mol. The number of allylic oxidation sites excluding steroid dienone is 1. The minimum atomic E-state index is -0.890. The molecule has 0 aromatic carbocycles. The zero-order chi connectivity index (χ0) is 16.6. The van der Waals surface area contributed by atoms with E-state index in [-0.39, 0.29) is 33.4 Å². The molecule has 5 nitrogen and oxygen atoms in total. The molecule has 0 radical (unpaired) electrons. The first-order chi connectivity index (χ1) is 10.9. The highest BCUT2D eigenvalue weighted by atomic mass is 35.5. The Labute approximate surface area is 144 Å². The Morgan fingerprint density at radius 1 is 1.04 bits per heavy atom. The highest BCUT2D eigenvalue weighted by Crippen LogP contribution is 2.45. The fourth-order valence-electron chi connectivity index (χ4n) is 3.58. The van der Waals surface area contributed by atoms with E-state index in [9.17, 15) is 9.59 Å². The highest BCUT2D eigenvalue weighted by Gasteiger charge is 2.49. The van der Waals surface area contributed by atoms with Crippen LogP contribution in [0.3, 0.4) is 0 Å². The average Bonchev–Trinajstić information content (AvgIpc) is 2.51. The number of rotatable bonds is 1. The molecular weight excluding hydrogens is 337 g/mol. The molecular formula is C16H17Cl2N3O2. The number of hydrogen-bond acceptors (Lipinski definition) is 5. The third kappa shape index (κ3) is 2.88. The van der Waals surface area contributed by atoms with Crippen molar-refractivity contribution < 1.29 is 9.59 Å². The summed E-state index contributed by atoms with van der Waals surface area (Å²) in [5.41, 5.74) is 5.86. The second-order valence-electron chi connectivity index (χ2n) is 6.12. The zero-order valence-electron chi connectivity index (χ0n) is 12.6. The van der Waals surface area contributed by atoms with Gasteiger partial charge in [-0.25, -0.2) is 9.97 Å². The van der Waals surface area contributed by atoms with Gasteiger partial charge in [0.15, 0.2) is 11.6 Å². The number of hydrogen-bond donors (Lipinski definition) is 1. The van der Waals surface area contributed by atoms with Gasteiger partial charge in [0.25, 0.3) is 0 Å². The van der Waals surface area contributed by atoms with Crippen molar-refractivity contribution in [3.05, 3.63) is 27.8 Å². The Kier molecular flexibility index (Phi) is 4.43. The molecule has 1 atom stereocenters. The molecule has 122 valence electrons. The van der Waals surface area contributed by atoms with Gasteiger partial charge in [-0.15, -0.1) is 0 Å². The number of carbonyl (C=O) groups excluding carboxylic acids is 2. The molecule has 2 N–H and O–H groups in total. The second-order valence-corrected chi connectivity index (χ2v) is 6.90. The van der Waals surface area contributed by atoms with Crippen molar-refractivity contribution in [2.45, 2.75) is 44.9 Å². The van der Waals surface area contributed by atoms with Gasteiger partial charge in [-0.05, 0) is 32.1 Å². The molecule has 23 heavy (non-hydrogen) atoms. The lowest BCUT2D eigenvalue weighted by molar-refractivity contribution is -0.143. The lowest BCUT2D eigenvalue weighted by atomic mass is 9.62. The third-order valence-corrected chi connectivity index (χ3v) is 5.15. The lowest BCUT2D eigenvalue weighted by Gasteiger charge is -2.38. The minimum Gasteiger partial charge on any atom is -0.395 e. The first-order valence-electron chi connectivity index (χ1n) is 7.71. The molecule has 0 amide bonds. The molecule has 1 aromatic heterocycles. The smallest absolute Gasteiger partial charge is 0.178 e. The van der Waals surface area contributed by atoms with E-state index < -0.39 is 5.41 Å². The van der Waals surface area contributed by atoms with Gasteiger partial charge in [0.1, 0.15) is 16.1 Å². The molecule has 1 heterocycles. The number of ketones is 2. The second kappa shape index (κ2) is 6.21. The highest BCUT2D eigenvalue weighted by molar-refractivity contribution is 6.33. The van der Waals surface area contributed by atoms with Gasteiger partial charge >= 0.3 is 0 Å². The van der Waals surface area contributed by atoms with Gasteiger partial charge in [-0.1, -0.05) is 29.6 Å². The maximum Gasteiger partial charge on any atom is 0.178 e. The Morgan fingerprint density at radius 2 is 1.70 bits per heavy atom. The SMILES string of the molecule is N/C(=C1/CCC[C@@]2(CCCCC2=O)C1=O)c1nc(Cl)cc(Cl)n1. The summed E-state index contributed by atoms with van der Waals surface area (Å²) in [5, 5.41) is 0.325. The van der Waals surface area contributed by atoms with Gasteiger partial charge in [0, 0.05) is 18.1 Å². The molecule has 3 rings (SSSR count). The van der Waals surface area contributed by atoms with Crippen LogP contribution in [-0.4, -0.2) is 21.5 Å². The van der Waals surface area contributed by atoms with Gasteiger partial charge in [-0.2, -0.15) is 0 Å². The molecule has 0 aliphatic heterocycles. The molecule has 0 bridgehead atoms. The van der Waals surface area contributed by atoms with E-state index in [2.05, 4.69) is 9.97 Å². The normalized spacial score (nSPS) is 27.4. The van der Waals surface area contributed by atoms with E-state index in [1.807, 2.05) is 0 Å². The largest absolute Gasteiger partial charge is 0.395 e. The van der Waals surface area contributed by atoms with Crippen LogP contribution >= 0.6 is 23.2 Å². The van der Waals surface area contributed by atoms with Crippen molar-refractivity contribution in [3.63, 3.8) is 0 Å². The van der Waals surface area contributed by atoms with E-state index in [1.54, 1.807) is 0 Å². The molecule has 0 saturated heterocycles. The fraction of sp³-hybridized carbons (Fsp3) is 0.500. The van der Waals surface area contributed by atoms with E-state index in [0.717, 1.165) is 19.3 Å². The topological polar surface area (TPSA) is 85.9 Å². The number of aromatic nitrogens is 2. The predicted octanol–water partition coefficient (Wildman–Crippen LogP) is 3.34. The summed E-state index contributed by atoms with van der Waals surface area (Å²) in [7, 11) is 0. The minimum absolute atomic E-state index is 0.0452. The van der Waals surface area contributed by atoms with Crippen LogP contribution in [-0.2, 0) is 9.59 Å². The zero-order valence-corrected chi connectivity index (χ0v) is 14.1. The van der Waals surface area contributed by atoms with Crippen molar-refractivity contribution in [1.29, 1.82) is 0 Å². The number of nitrogens with zero attached hydrogens (tertiary/aromatic N) is 2. The van der Waals surface area contributed by atoms with Crippen LogP contribution in [0.5, 0.6) is 0 Å². The average molecular weight is 354 g/mol. The quantitative estimate of drug-likeness (QED) is 0.475. The molecule has 0 unspecified atom stereocenters. The van der Waals surface area contributed by atoms with Crippen molar-refractivity contribution >= 4 is 40.5 Å². The maximum atomic E-state index is 13.0. The molecule has 2 aliphatic carbocycles. The molecule has 7 heteroatoms. The summed E-state index contributed by atoms with van der Waals surface area (Å²) < 4.78 is 0. The van der Waals surface area contributed by atoms with Crippen LogP contribution in [0.15, 0.2) is 11.6 Å². The first kappa shape index (κ1) is 16.4. The molecule has 1 aromatic rings. The van der Waals surface area contributed by atoms with Crippen LogP contribution < -0.4 is 5.73 Å². The van der Waals surface area contributed by atoms with Crippen molar-refractivity contribution in [1.82, 2.24) is 9.97 Å². The van der Waals surface area contributed by atoms with Crippen LogP contribution in [0.1, 0.15) is 50.8 Å². The van der Waals surface area contributed by atoms with Gasteiger partial charge in [0.05, 0.1) is 11.1 Å². The van der Waals surface area contributed by atoms with E-state index in [0.29, 0.717) is 31.3 Å². The van der Waals surface area contributed by atoms with Crippen LogP contribution in [0.25, 0.3) is 5.70 Å². The summed E-state index contributed by atoms with van der Waals surface area (Å²) in [6.45, 7) is 0. The Bertz CT molecular complexity index is 693. The third-order valence-electron chi connectivity index (χ3n) is 4.76. The van der Waals surface area contributed by atoms with Crippen molar-refractivity contribution in [3.8, 4) is 0 Å². The molecule has 2 aliphatic rings. The molecule has 1 spiro atoms. The summed E-state index contributed by atoms with van der Waals surface area (Å²) in [4.78, 5) is 33.5. The van der Waals surface area contributed by atoms with Crippen LogP contribution in [0.2, 0.25) is 10.3 Å². The fourth-order valence-corrected chi connectivity index (χ4v) is 4.00. The maximum absolute atomic E-state index is 13.0. The van der Waals surface area contributed by atoms with E-state index in [1.165, 1.54) is 6.07 Å². The Morgan fingerprint density at radius 3 is 2.35 bits per heavy atom. The Hall–Kier alpha value is -1.46. The molecule has 2 fully saturated rings. The predicted molar refractivity (Wildman–Crippen MR) is 87.9 cm³/mol. The van der Waals surface area contributed by atoms with E-state index in [4.69, 9.17) is 28.9 Å². The number of carbonyl (C=O) groups is 2. The van der Waals surface area contributed by atoms with Gasteiger partial charge < -0.3 is 5.73 Å². The van der Waals surface area contributed by atoms with E-state index >= 15 is 0 Å². The first-order valence-corrected chi connectivity index (χ1v) is 8.47. The van der Waals surface area contributed by atoms with Gasteiger partial charge in [0.2, 0.25) is 0 Å². The van der Waals surface area contributed by atoms with Crippen molar-refractivity contribution in [2.24, 2.45) is 11.1 Å². The lowest BCUT2D eigenvalue weighted by Crippen LogP contribution is -2.45. The Balaban J connectivity index is 2.04.